The summed E-state index contributed by atoms with van der Waals surface area (Å²) >= 11 is 0. The molecule has 0 aromatic rings. The van der Waals surface area contributed by atoms with Gasteiger partial charge < -0.3 is 4.90 Å². The van der Waals surface area contributed by atoms with Crippen molar-refractivity contribution < 1.29 is 4.79 Å². The number of hydrogen-bond acceptors (Lipinski definition) is 2. The van der Waals surface area contributed by atoms with Crippen molar-refractivity contribution in [2.45, 2.75) is 37.8 Å². The smallest absolute Gasteiger partial charge is 0.318 e. The van der Waals surface area contributed by atoms with E-state index in [1.165, 1.54) is 0 Å². The molecule has 2 aliphatic heterocycles. The van der Waals surface area contributed by atoms with Gasteiger partial charge in [0.2, 0.25) is 0 Å². The van der Waals surface area contributed by atoms with E-state index in [9.17, 15) is 4.79 Å². The molecule has 0 aliphatic carbocycles. The average molecular weight is 155 g/mol. The molecule has 2 saturated heterocycles. The van der Waals surface area contributed by atoms with Crippen molar-refractivity contribution in [3.63, 3.8) is 0 Å². The molecule has 0 atom stereocenters. The van der Waals surface area contributed by atoms with E-state index >= 15 is 0 Å². The van der Waals surface area contributed by atoms with E-state index in [0.29, 0.717) is 12.1 Å². The van der Waals surface area contributed by atoms with Crippen LogP contribution < -0.4 is 11.3 Å². The number of fused-ring (bicyclic) bond motifs is 2. The molecule has 0 aromatic carbocycles. The Bertz CT molecular complexity index is 163. The molecule has 3 N–H and O–H groups in total. The molecular formula is C7H13N3O. The van der Waals surface area contributed by atoms with Crippen LogP contribution in [0.4, 0.5) is 4.79 Å². The van der Waals surface area contributed by atoms with Crippen molar-refractivity contribution >= 4 is 6.03 Å². The lowest BCUT2D eigenvalue weighted by atomic mass is 10.0. The molecule has 4 heteroatoms. The molecular weight excluding hydrogens is 142 g/mol. The normalized spacial score (nSPS) is 34.5. The molecule has 0 saturated carbocycles. The van der Waals surface area contributed by atoms with Gasteiger partial charge in [-0.05, 0) is 25.7 Å². The van der Waals surface area contributed by atoms with Gasteiger partial charge >= 0.3 is 6.03 Å². The minimum absolute atomic E-state index is 0.102. The Balaban J connectivity index is 2.09. The van der Waals surface area contributed by atoms with Crippen LogP contribution in [-0.2, 0) is 0 Å². The second-order valence-corrected chi connectivity index (χ2v) is 3.32. The van der Waals surface area contributed by atoms with Gasteiger partial charge in [0.15, 0.2) is 0 Å². The maximum absolute atomic E-state index is 11.2. The van der Waals surface area contributed by atoms with Crippen LogP contribution in [0.3, 0.4) is 0 Å². The summed E-state index contributed by atoms with van der Waals surface area (Å²) in [6, 6.07) is 0.849. The van der Waals surface area contributed by atoms with Crippen molar-refractivity contribution in [2.24, 2.45) is 5.84 Å². The lowest BCUT2D eigenvalue weighted by Gasteiger charge is -2.20. The summed E-state index contributed by atoms with van der Waals surface area (Å²) in [5.74, 6) is 5.06. The maximum atomic E-state index is 11.2. The molecule has 2 bridgehead atoms. The van der Waals surface area contributed by atoms with Crippen LogP contribution >= 0.6 is 0 Å². The summed E-state index contributed by atoms with van der Waals surface area (Å²) in [7, 11) is 0. The van der Waals surface area contributed by atoms with Crippen LogP contribution in [0.1, 0.15) is 25.7 Å². The summed E-state index contributed by atoms with van der Waals surface area (Å²) in [5.41, 5.74) is 2.19. The van der Waals surface area contributed by atoms with Gasteiger partial charge in [0.25, 0.3) is 0 Å². The third kappa shape index (κ3) is 0.894. The van der Waals surface area contributed by atoms with Gasteiger partial charge in [0.1, 0.15) is 0 Å². The van der Waals surface area contributed by atoms with Crippen LogP contribution in [0.5, 0.6) is 0 Å². The second-order valence-electron chi connectivity index (χ2n) is 3.32. The summed E-state index contributed by atoms with van der Waals surface area (Å²) in [5, 5.41) is 0. The van der Waals surface area contributed by atoms with Crippen molar-refractivity contribution in [2.75, 3.05) is 0 Å². The largest absolute Gasteiger partial charge is 0.332 e. The standard InChI is InChI=1S/C7H13N3O/c8-9-7(11)10-5-1-2-6(10)4-3-5/h5-6H,1-4,8H2,(H,9,11). The van der Waals surface area contributed by atoms with Crippen LogP contribution in [0, 0.1) is 0 Å². The maximum Gasteiger partial charge on any atom is 0.332 e. The Morgan fingerprint density at radius 2 is 1.73 bits per heavy atom. The third-order valence-electron chi connectivity index (χ3n) is 2.81. The Kier molecular flexibility index (Phi) is 1.49. The molecule has 2 aliphatic rings. The zero-order chi connectivity index (χ0) is 7.84. The minimum atomic E-state index is -0.102. The van der Waals surface area contributed by atoms with E-state index in [0.717, 1.165) is 25.7 Å². The lowest BCUT2D eigenvalue weighted by molar-refractivity contribution is 0.192. The zero-order valence-corrected chi connectivity index (χ0v) is 6.42. The molecule has 2 rings (SSSR count). The summed E-state index contributed by atoms with van der Waals surface area (Å²) in [6.07, 6.45) is 4.66. The van der Waals surface area contributed by atoms with Crippen LogP contribution in [0.25, 0.3) is 0 Å². The topological polar surface area (TPSA) is 58.4 Å². The number of urea groups is 1. The molecule has 0 unspecified atom stereocenters. The number of nitrogens with two attached hydrogens (primary N) is 1. The zero-order valence-electron chi connectivity index (χ0n) is 6.42. The highest BCUT2D eigenvalue weighted by atomic mass is 16.2. The van der Waals surface area contributed by atoms with Crippen LogP contribution in [0.15, 0.2) is 0 Å². The number of hydrazine groups is 1. The van der Waals surface area contributed by atoms with E-state index < -0.39 is 0 Å². The van der Waals surface area contributed by atoms with Gasteiger partial charge in [0.05, 0.1) is 0 Å². The summed E-state index contributed by atoms with van der Waals surface area (Å²) in [6.45, 7) is 0. The third-order valence-corrected chi connectivity index (χ3v) is 2.81. The molecule has 2 fully saturated rings. The molecule has 0 aromatic heterocycles. The number of carbonyl (C=O) groups excluding carboxylic acids is 1. The first-order valence-corrected chi connectivity index (χ1v) is 4.12. The molecule has 0 radical (unpaired) electrons. The second kappa shape index (κ2) is 2.37. The fourth-order valence-electron chi connectivity index (χ4n) is 2.32. The predicted octanol–water partition coefficient (Wildman–Crippen LogP) is 0.196. The van der Waals surface area contributed by atoms with E-state index in [2.05, 4.69) is 5.43 Å². The van der Waals surface area contributed by atoms with E-state index in [4.69, 9.17) is 5.84 Å². The number of nitrogens with zero attached hydrogens (tertiary/aromatic N) is 1. The Labute approximate surface area is 65.7 Å². The molecule has 4 nitrogen and oxygen atoms in total. The van der Waals surface area contributed by atoms with E-state index in [-0.39, 0.29) is 6.03 Å². The number of hydrogen-bond donors (Lipinski definition) is 2. The van der Waals surface area contributed by atoms with Gasteiger partial charge in [0, 0.05) is 12.1 Å². The highest BCUT2D eigenvalue weighted by Gasteiger charge is 2.41. The van der Waals surface area contributed by atoms with Gasteiger partial charge in [-0.3, -0.25) is 5.43 Å². The quantitative estimate of drug-likeness (QED) is 0.298. The van der Waals surface area contributed by atoms with Crippen molar-refractivity contribution in [3.05, 3.63) is 0 Å². The van der Waals surface area contributed by atoms with E-state index in [1.807, 2.05) is 4.90 Å². The highest BCUT2D eigenvalue weighted by molar-refractivity contribution is 5.75. The van der Waals surface area contributed by atoms with Gasteiger partial charge in [-0.2, -0.15) is 0 Å². The van der Waals surface area contributed by atoms with Gasteiger partial charge in [-0.25, -0.2) is 10.6 Å². The predicted molar refractivity (Wildman–Crippen MR) is 40.6 cm³/mol. The SMILES string of the molecule is NNC(=O)N1C2CCC1CC2. The first-order valence-electron chi connectivity index (χ1n) is 4.12. The molecule has 2 heterocycles. The van der Waals surface area contributed by atoms with Gasteiger partial charge in [-0.1, -0.05) is 0 Å². The highest BCUT2D eigenvalue weighted by Crippen LogP contribution is 2.36. The Morgan fingerprint density at radius 3 is 2.09 bits per heavy atom. The molecule has 2 amide bonds. The Hall–Kier alpha value is -0.770. The number of rotatable bonds is 0. The molecule has 0 spiro atoms. The van der Waals surface area contributed by atoms with Crippen LogP contribution in [-0.4, -0.2) is 23.0 Å². The van der Waals surface area contributed by atoms with Crippen molar-refractivity contribution in [3.8, 4) is 0 Å². The monoisotopic (exact) mass is 155 g/mol. The first-order chi connectivity index (χ1) is 5.33. The lowest BCUT2D eigenvalue weighted by Crippen LogP contribution is -2.45. The minimum Gasteiger partial charge on any atom is -0.318 e. The van der Waals surface area contributed by atoms with Crippen molar-refractivity contribution in [1.82, 2.24) is 10.3 Å². The average Bonchev–Trinajstić information content (AvgIpc) is 2.61. The number of nitrogens with one attached hydrogen (secondary N) is 1. The fourth-order valence-corrected chi connectivity index (χ4v) is 2.32. The number of carbonyl (C=O) groups is 1. The Morgan fingerprint density at radius 1 is 1.27 bits per heavy atom. The summed E-state index contributed by atoms with van der Waals surface area (Å²) < 4.78 is 0. The van der Waals surface area contributed by atoms with E-state index in [1.54, 1.807) is 0 Å². The van der Waals surface area contributed by atoms with Crippen molar-refractivity contribution in [1.29, 1.82) is 0 Å². The molecule has 62 valence electrons. The number of amides is 2. The first kappa shape index (κ1) is 6.91. The van der Waals surface area contributed by atoms with Crippen LogP contribution in [0.2, 0.25) is 0 Å². The van der Waals surface area contributed by atoms with Gasteiger partial charge in [-0.15, -0.1) is 0 Å². The molecule has 11 heavy (non-hydrogen) atoms. The summed E-state index contributed by atoms with van der Waals surface area (Å²) in [4.78, 5) is 13.1. The fraction of sp³-hybridized carbons (Fsp3) is 0.857.